The predicted octanol–water partition coefficient (Wildman–Crippen LogP) is 4.36. The first-order valence-corrected chi connectivity index (χ1v) is 14.6. The number of nitrogens with two attached hydrogens (primary N) is 1. The molecular weight excluding hydrogens is 670 g/mol. The van der Waals surface area contributed by atoms with Crippen molar-refractivity contribution >= 4 is 52.2 Å². The van der Waals surface area contributed by atoms with Crippen molar-refractivity contribution in [2.75, 3.05) is 5.73 Å². The molecule has 3 heterocycles. The number of hydrogen-bond acceptors (Lipinski definition) is 9. The van der Waals surface area contributed by atoms with Gasteiger partial charge in [0.05, 0.1) is 11.4 Å². The van der Waals surface area contributed by atoms with Crippen molar-refractivity contribution in [1.29, 1.82) is 5.26 Å². The highest BCUT2D eigenvalue weighted by atomic mass is 127. The monoisotopic (exact) mass is 686 g/mol. The van der Waals surface area contributed by atoms with E-state index < -0.39 is 17.6 Å². The minimum Gasteiger partial charge on any atom is -0.482 e. The molecule has 11 nitrogen and oxygen atoms in total. The predicted molar refractivity (Wildman–Crippen MR) is 144 cm³/mol. The van der Waals surface area contributed by atoms with E-state index in [2.05, 4.69) is 42.2 Å². The number of alkyl halides is 1. The second kappa shape index (κ2) is 10.9. The Hall–Kier alpha value is -3.10. The third-order valence-electron chi connectivity index (χ3n) is 5.19. The van der Waals surface area contributed by atoms with Crippen LogP contribution >= 0.6 is 46.3 Å². The molecule has 1 unspecified atom stereocenters. The first-order valence-electron chi connectivity index (χ1n) is 10.2. The maximum atomic E-state index is 14.2. The second-order valence-electron chi connectivity index (χ2n) is 7.40. The number of rotatable bonds is 8. The van der Waals surface area contributed by atoms with E-state index >= 15 is 0 Å². The zero-order chi connectivity index (χ0) is 26.0. The van der Waals surface area contributed by atoms with Gasteiger partial charge in [-0.05, 0) is 31.2 Å². The number of halogens is 3. The van der Waals surface area contributed by atoms with Crippen LogP contribution < -0.4 is 20.3 Å². The molecule has 3 N–H and O–H groups in total. The van der Waals surface area contributed by atoms with Crippen LogP contribution in [-0.4, -0.2) is 29.5 Å². The van der Waals surface area contributed by atoms with Gasteiger partial charge in [-0.25, -0.2) is 14.2 Å². The van der Waals surface area contributed by atoms with Gasteiger partial charge in [-0.1, -0.05) is 15.9 Å². The molecule has 0 amide bonds. The van der Waals surface area contributed by atoms with Gasteiger partial charge in [-0.2, -0.15) is 15.0 Å². The van der Waals surface area contributed by atoms with Gasteiger partial charge >= 0.3 is 11.7 Å². The molecule has 3 aromatic heterocycles. The van der Waals surface area contributed by atoms with Crippen LogP contribution in [0.5, 0.6) is 11.8 Å². The molecule has 0 aliphatic heterocycles. The minimum absolute atomic E-state index is 0.00300. The van der Waals surface area contributed by atoms with Crippen molar-refractivity contribution in [1.82, 2.24) is 29.5 Å². The molecule has 0 saturated carbocycles. The Morgan fingerprint density at radius 2 is 2.17 bits per heavy atom. The number of aromatic amines is 1. The molecule has 0 bridgehead atoms. The Labute approximate surface area is 228 Å². The maximum absolute atomic E-state index is 14.2. The number of ether oxygens (including phenoxy) is 1. The van der Waals surface area contributed by atoms with Crippen LogP contribution in [0.1, 0.15) is 30.0 Å². The molecule has 0 saturated heterocycles. The van der Waals surface area contributed by atoms with E-state index in [-0.39, 0.29) is 17.6 Å². The van der Waals surface area contributed by atoms with Gasteiger partial charge in [0.25, 0.3) is 0 Å². The third kappa shape index (κ3) is 5.06. The number of nitrogen functional groups attached to an aromatic ring is 1. The van der Waals surface area contributed by atoms with Crippen molar-refractivity contribution in [2.45, 2.75) is 18.4 Å². The number of nitrogens with zero attached hydrogens (tertiary/aromatic N) is 6. The highest BCUT2D eigenvalue weighted by Crippen LogP contribution is 2.35. The number of nitriles is 1. The molecule has 4 rings (SSSR count). The lowest BCUT2D eigenvalue weighted by atomic mass is 10.1. The Balaban J connectivity index is 1.74. The minimum atomic E-state index is -0.776. The fourth-order valence-electron chi connectivity index (χ4n) is 3.63. The van der Waals surface area contributed by atoms with Crippen molar-refractivity contribution in [2.24, 2.45) is 7.05 Å². The Kier molecular flexibility index (Phi) is 7.85. The molecular formula is C21H17BrFIN8O3S. The number of aryl methyl sites for hydroxylation is 1. The molecule has 0 aliphatic carbocycles. The summed E-state index contributed by atoms with van der Waals surface area (Å²) >= 11 is 5.29. The number of nitrogens with one attached hydrogen (secondary N) is 1. The number of hydrogen-bond donors (Lipinski definition) is 2. The Bertz CT molecular complexity index is 1530. The zero-order valence-corrected chi connectivity index (χ0v) is 23.3. The van der Waals surface area contributed by atoms with E-state index in [1.165, 1.54) is 29.1 Å². The number of anilines is 1. The first-order chi connectivity index (χ1) is 17.3. The van der Waals surface area contributed by atoms with Crippen LogP contribution in [0, 0.1) is 17.1 Å². The highest BCUT2D eigenvalue weighted by molar-refractivity contribution is 14.2. The zero-order valence-electron chi connectivity index (χ0n) is 18.7. The average molecular weight is 687 g/mol. The fourth-order valence-corrected chi connectivity index (χ4v) is 4.66. The summed E-state index contributed by atoms with van der Waals surface area (Å²) in [5.74, 6) is -0.218. The van der Waals surface area contributed by atoms with Gasteiger partial charge in [0.1, 0.15) is 32.9 Å². The molecule has 0 radical (unpaired) electrons. The molecule has 4 aromatic rings. The fraction of sp³-hybridized carbons (Fsp3) is 0.190. The topological polar surface area (TPSA) is 150 Å². The molecule has 1 atom stereocenters. The van der Waals surface area contributed by atoms with Gasteiger partial charge in [0.15, 0.2) is 11.6 Å². The third-order valence-corrected chi connectivity index (χ3v) is 6.48. The SMILES string of the molecule is CC(Oc1cc(-c2c(CBr)nn(C)c2C#N)cnc1N)c1cc(F)ccc1-n1nc(OSI)[nH]c1=O. The van der Waals surface area contributed by atoms with E-state index in [0.29, 0.717) is 39.1 Å². The van der Waals surface area contributed by atoms with Crippen LogP contribution in [0.15, 0.2) is 35.3 Å². The summed E-state index contributed by atoms with van der Waals surface area (Å²) in [6.07, 6.45) is 0.752. The summed E-state index contributed by atoms with van der Waals surface area (Å²) in [7, 11) is 2.66. The Morgan fingerprint density at radius 3 is 2.86 bits per heavy atom. The van der Waals surface area contributed by atoms with E-state index in [0.717, 1.165) is 13.9 Å². The summed E-state index contributed by atoms with van der Waals surface area (Å²) in [5, 5.41) is 18.5. The summed E-state index contributed by atoms with van der Waals surface area (Å²) in [5.41, 5.74) is 8.31. The van der Waals surface area contributed by atoms with E-state index in [4.69, 9.17) is 14.7 Å². The molecule has 186 valence electrons. The Morgan fingerprint density at radius 1 is 1.39 bits per heavy atom. The quantitative estimate of drug-likeness (QED) is 0.157. The normalized spacial score (nSPS) is 11.8. The lowest BCUT2D eigenvalue weighted by Crippen LogP contribution is -2.19. The summed E-state index contributed by atoms with van der Waals surface area (Å²) in [6.45, 7) is 1.68. The number of benzene rings is 1. The van der Waals surface area contributed by atoms with Gasteiger partial charge in [0.2, 0.25) is 0 Å². The number of pyridine rings is 1. The van der Waals surface area contributed by atoms with Gasteiger partial charge in [0, 0.05) is 56.5 Å². The molecule has 0 aliphatic rings. The van der Waals surface area contributed by atoms with Gasteiger partial charge < -0.3 is 14.7 Å². The smallest absolute Gasteiger partial charge is 0.350 e. The lowest BCUT2D eigenvalue weighted by molar-refractivity contribution is 0.226. The molecule has 0 fully saturated rings. The second-order valence-corrected chi connectivity index (χ2v) is 9.34. The summed E-state index contributed by atoms with van der Waals surface area (Å²) < 4.78 is 28.1. The number of aromatic nitrogens is 6. The van der Waals surface area contributed by atoms with Crippen LogP contribution in [0.25, 0.3) is 16.8 Å². The summed E-state index contributed by atoms with van der Waals surface area (Å²) in [6, 6.07) is 7.67. The molecule has 15 heteroatoms. The van der Waals surface area contributed by atoms with Gasteiger partial charge in [-0.3, -0.25) is 9.67 Å². The average Bonchev–Trinajstić information content (AvgIpc) is 3.38. The van der Waals surface area contributed by atoms with Crippen molar-refractivity contribution in [3.8, 4) is 34.6 Å². The van der Waals surface area contributed by atoms with Crippen molar-refractivity contribution in [3.63, 3.8) is 0 Å². The van der Waals surface area contributed by atoms with Crippen LogP contribution in [-0.2, 0) is 12.4 Å². The van der Waals surface area contributed by atoms with Crippen LogP contribution in [0.4, 0.5) is 10.2 Å². The van der Waals surface area contributed by atoms with E-state index in [1.807, 2.05) is 21.2 Å². The summed E-state index contributed by atoms with van der Waals surface area (Å²) in [4.78, 5) is 19.2. The van der Waals surface area contributed by atoms with Crippen LogP contribution in [0.2, 0.25) is 0 Å². The molecule has 36 heavy (non-hydrogen) atoms. The highest BCUT2D eigenvalue weighted by Gasteiger charge is 2.22. The van der Waals surface area contributed by atoms with E-state index in [1.54, 1.807) is 20.0 Å². The molecule has 1 aromatic carbocycles. The maximum Gasteiger partial charge on any atom is 0.350 e. The first kappa shape index (κ1) is 26.0. The standard InChI is InChI=1S/C21H17BrFIN8O3S/c1-10(13-6-12(23)3-4-15(13)32-21(33)28-20(30-32)35-36-24)34-17-5-11(9-27-19(17)26)18-14(7-22)29-31(2)16(18)8-25/h3-6,9-10H,7H2,1-2H3,(H2,26,27)(H,28,30,33). The van der Waals surface area contributed by atoms with Crippen molar-refractivity contribution in [3.05, 3.63) is 63.7 Å². The van der Waals surface area contributed by atoms with E-state index in [9.17, 15) is 14.4 Å². The largest absolute Gasteiger partial charge is 0.482 e. The lowest BCUT2D eigenvalue weighted by Gasteiger charge is -2.19. The number of H-pyrrole nitrogens is 1. The van der Waals surface area contributed by atoms with Gasteiger partial charge in [-0.15, -0.1) is 5.10 Å². The van der Waals surface area contributed by atoms with Crippen LogP contribution in [0.3, 0.4) is 0 Å². The molecule has 0 spiro atoms. The van der Waals surface area contributed by atoms with Crippen molar-refractivity contribution < 1.29 is 13.3 Å².